The van der Waals surface area contributed by atoms with Gasteiger partial charge in [0.25, 0.3) is 0 Å². The number of hydrogen-bond acceptors (Lipinski definition) is 5. The Kier molecular flexibility index (Phi) is 4.80. The Morgan fingerprint density at radius 1 is 1.13 bits per heavy atom. The molecule has 6 nitrogen and oxygen atoms in total. The van der Waals surface area contributed by atoms with Crippen molar-refractivity contribution in [3.63, 3.8) is 0 Å². The Bertz CT molecular complexity index is 661. The van der Waals surface area contributed by atoms with E-state index in [1.807, 2.05) is 41.1 Å². The van der Waals surface area contributed by atoms with Crippen LogP contribution in [0.5, 0.6) is 0 Å². The second kappa shape index (κ2) is 7.17. The Hall–Kier alpha value is -2.50. The monoisotopic (exact) mass is 311 g/mol. The molecule has 0 aromatic carbocycles. The fraction of sp³-hybridized carbons (Fsp3) is 0.412. The molecule has 1 saturated heterocycles. The van der Waals surface area contributed by atoms with Gasteiger partial charge < -0.3 is 9.80 Å². The first-order valence-corrected chi connectivity index (χ1v) is 7.97. The van der Waals surface area contributed by atoms with Crippen molar-refractivity contribution in [3.8, 4) is 11.4 Å². The predicted octanol–water partition coefficient (Wildman–Crippen LogP) is 1.99. The minimum Gasteiger partial charge on any atom is -0.342 e. The molecule has 0 atom stereocenters. The van der Waals surface area contributed by atoms with Crippen LogP contribution in [0, 0.1) is 0 Å². The molecule has 2 aromatic rings. The number of rotatable bonds is 5. The number of pyridine rings is 1. The van der Waals surface area contributed by atoms with Crippen molar-refractivity contribution in [1.29, 1.82) is 0 Å². The summed E-state index contributed by atoms with van der Waals surface area (Å²) in [6, 6.07) is 7.61. The fourth-order valence-corrected chi connectivity index (χ4v) is 2.66. The zero-order valence-electron chi connectivity index (χ0n) is 13.4. The van der Waals surface area contributed by atoms with Gasteiger partial charge in [-0.05, 0) is 31.0 Å². The van der Waals surface area contributed by atoms with E-state index >= 15 is 0 Å². The predicted molar refractivity (Wildman–Crippen MR) is 89.0 cm³/mol. The molecule has 1 aliphatic heterocycles. The molecule has 1 amide bonds. The van der Waals surface area contributed by atoms with Gasteiger partial charge in [-0.25, -0.2) is 9.97 Å². The van der Waals surface area contributed by atoms with Crippen molar-refractivity contribution in [2.75, 3.05) is 31.6 Å². The first-order valence-electron chi connectivity index (χ1n) is 7.97. The molecule has 0 radical (unpaired) electrons. The zero-order valence-corrected chi connectivity index (χ0v) is 13.4. The maximum atomic E-state index is 11.9. The highest BCUT2D eigenvalue weighted by atomic mass is 16.2. The lowest BCUT2D eigenvalue weighted by atomic mass is 10.1. The molecule has 3 heterocycles. The van der Waals surface area contributed by atoms with Crippen LogP contribution in [-0.2, 0) is 4.79 Å². The number of likely N-dealkylation sites (tertiary alicyclic amines) is 1. The highest BCUT2D eigenvalue weighted by molar-refractivity contribution is 5.76. The molecule has 23 heavy (non-hydrogen) atoms. The van der Waals surface area contributed by atoms with E-state index in [4.69, 9.17) is 0 Å². The maximum absolute atomic E-state index is 11.9. The number of hydrogen-bond donors (Lipinski definition) is 0. The largest absolute Gasteiger partial charge is 0.342 e. The summed E-state index contributed by atoms with van der Waals surface area (Å²) in [7, 11) is 1.95. The van der Waals surface area contributed by atoms with Crippen LogP contribution in [0.4, 0.5) is 5.95 Å². The minimum absolute atomic E-state index is 0.257. The number of amides is 1. The average Bonchev–Trinajstić information content (AvgIpc) is 2.62. The number of anilines is 1. The molecular formula is C17H21N5O. The summed E-state index contributed by atoms with van der Waals surface area (Å²) >= 11 is 0. The summed E-state index contributed by atoms with van der Waals surface area (Å²) in [5.74, 6) is 0.908. The number of carbonyl (C=O) groups is 1. The SMILES string of the molecule is CN(CCN1CCCCC1=O)c1nccc(-c2ccccn2)n1. The Labute approximate surface area is 136 Å². The van der Waals surface area contributed by atoms with Gasteiger partial charge in [-0.15, -0.1) is 0 Å². The number of carbonyl (C=O) groups excluding carboxylic acids is 1. The van der Waals surface area contributed by atoms with Crippen molar-refractivity contribution in [1.82, 2.24) is 19.9 Å². The minimum atomic E-state index is 0.257. The van der Waals surface area contributed by atoms with E-state index in [0.29, 0.717) is 18.9 Å². The van der Waals surface area contributed by atoms with E-state index in [1.165, 1.54) is 0 Å². The quantitative estimate of drug-likeness (QED) is 0.845. The number of aromatic nitrogens is 3. The summed E-state index contributed by atoms with van der Waals surface area (Å²) in [4.78, 5) is 29.0. The molecule has 6 heteroatoms. The van der Waals surface area contributed by atoms with E-state index in [9.17, 15) is 4.79 Å². The van der Waals surface area contributed by atoms with Crippen molar-refractivity contribution in [2.24, 2.45) is 0 Å². The van der Waals surface area contributed by atoms with Crippen molar-refractivity contribution in [2.45, 2.75) is 19.3 Å². The van der Waals surface area contributed by atoms with Crippen LogP contribution in [0.3, 0.4) is 0 Å². The Morgan fingerprint density at radius 3 is 2.83 bits per heavy atom. The number of nitrogens with zero attached hydrogens (tertiary/aromatic N) is 5. The first kappa shape index (κ1) is 15.4. The van der Waals surface area contributed by atoms with Gasteiger partial charge in [0.1, 0.15) is 0 Å². The molecule has 1 fully saturated rings. The van der Waals surface area contributed by atoms with Crippen molar-refractivity contribution >= 4 is 11.9 Å². The summed E-state index contributed by atoms with van der Waals surface area (Å²) in [6.07, 6.45) is 6.29. The highest BCUT2D eigenvalue weighted by Crippen LogP contribution is 2.16. The van der Waals surface area contributed by atoms with Gasteiger partial charge in [0.2, 0.25) is 11.9 Å². The topological polar surface area (TPSA) is 62.2 Å². The molecule has 0 spiro atoms. The lowest BCUT2D eigenvalue weighted by Crippen LogP contribution is -2.40. The molecule has 2 aromatic heterocycles. The Balaban J connectivity index is 1.65. The number of piperidine rings is 1. The lowest BCUT2D eigenvalue weighted by molar-refractivity contribution is -0.133. The normalized spacial score (nSPS) is 14.8. The molecule has 0 N–H and O–H groups in total. The highest BCUT2D eigenvalue weighted by Gasteiger charge is 2.18. The van der Waals surface area contributed by atoms with Crippen LogP contribution in [-0.4, -0.2) is 52.4 Å². The molecule has 0 saturated carbocycles. The molecule has 0 aliphatic carbocycles. The van der Waals surface area contributed by atoms with Gasteiger partial charge in [-0.3, -0.25) is 9.78 Å². The fourth-order valence-electron chi connectivity index (χ4n) is 2.66. The van der Waals surface area contributed by atoms with Gasteiger partial charge in [-0.2, -0.15) is 0 Å². The lowest BCUT2D eigenvalue weighted by Gasteiger charge is -2.28. The van der Waals surface area contributed by atoms with Crippen LogP contribution in [0.15, 0.2) is 36.7 Å². The molecule has 0 unspecified atom stereocenters. The van der Waals surface area contributed by atoms with Crippen molar-refractivity contribution in [3.05, 3.63) is 36.7 Å². The maximum Gasteiger partial charge on any atom is 0.225 e. The summed E-state index contributed by atoms with van der Waals surface area (Å²) in [6.45, 7) is 2.30. The third-order valence-electron chi connectivity index (χ3n) is 4.04. The zero-order chi connectivity index (χ0) is 16.1. The van der Waals surface area contributed by atoms with Gasteiger partial charge in [-0.1, -0.05) is 6.07 Å². The third-order valence-corrected chi connectivity index (χ3v) is 4.04. The first-order chi connectivity index (χ1) is 11.2. The van der Waals surface area contributed by atoms with Crippen LogP contribution < -0.4 is 4.90 Å². The second-order valence-corrected chi connectivity index (χ2v) is 5.72. The van der Waals surface area contributed by atoms with Gasteiger partial charge in [0.15, 0.2) is 0 Å². The van der Waals surface area contributed by atoms with Crippen LogP contribution >= 0.6 is 0 Å². The van der Waals surface area contributed by atoms with Crippen molar-refractivity contribution < 1.29 is 4.79 Å². The second-order valence-electron chi connectivity index (χ2n) is 5.72. The van der Waals surface area contributed by atoms with E-state index in [0.717, 1.165) is 37.3 Å². The van der Waals surface area contributed by atoms with Crippen LogP contribution in [0.2, 0.25) is 0 Å². The molecule has 120 valence electrons. The van der Waals surface area contributed by atoms with Gasteiger partial charge in [0, 0.05) is 45.5 Å². The van der Waals surface area contributed by atoms with E-state index < -0.39 is 0 Å². The van der Waals surface area contributed by atoms with Gasteiger partial charge >= 0.3 is 0 Å². The number of likely N-dealkylation sites (N-methyl/N-ethyl adjacent to an activating group) is 1. The third kappa shape index (κ3) is 3.83. The van der Waals surface area contributed by atoms with E-state index in [1.54, 1.807) is 12.4 Å². The summed E-state index contributed by atoms with van der Waals surface area (Å²) in [5, 5.41) is 0. The average molecular weight is 311 g/mol. The summed E-state index contributed by atoms with van der Waals surface area (Å²) in [5.41, 5.74) is 1.63. The van der Waals surface area contributed by atoms with Crippen LogP contribution in [0.1, 0.15) is 19.3 Å². The van der Waals surface area contributed by atoms with E-state index in [2.05, 4.69) is 15.0 Å². The summed E-state index contributed by atoms with van der Waals surface area (Å²) < 4.78 is 0. The van der Waals surface area contributed by atoms with E-state index in [-0.39, 0.29) is 5.91 Å². The molecule has 1 aliphatic rings. The molecular weight excluding hydrogens is 290 g/mol. The Morgan fingerprint density at radius 2 is 2.04 bits per heavy atom. The van der Waals surface area contributed by atoms with Crippen LogP contribution in [0.25, 0.3) is 11.4 Å². The smallest absolute Gasteiger partial charge is 0.225 e. The standard InChI is InChI=1S/C17H21N5O/c1-21(12-13-22-11-5-3-7-16(22)23)17-19-10-8-15(20-17)14-6-2-4-9-18-14/h2,4,6,8-10H,3,5,7,11-13H2,1H3. The molecule has 3 rings (SSSR count). The molecule has 0 bridgehead atoms. The van der Waals surface area contributed by atoms with Gasteiger partial charge in [0.05, 0.1) is 11.4 Å².